The van der Waals surface area contributed by atoms with E-state index in [9.17, 15) is 9.59 Å². The zero-order chi connectivity index (χ0) is 21.4. The van der Waals surface area contributed by atoms with E-state index in [0.29, 0.717) is 29.0 Å². The fourth-order valence-electron chi connectivity index (χ4n) is 4.12. The van der Waals surface area contributed by atoms with Crippen LogP contribution < -0.4 is 14.9 Å². The highest BCUT2D eigenvalue weighted by atomic mass is 35.5. The van der Waals surface area contributed by atoms with Crippen LogP contribution in [0.3, 0.4) is 0 Å². The normalized spacial score (nSPS) is 16.1. The van der Waals surface area contributed by atoms with E-state index in [1.165, 1.54) is 11.6 Å². The molecule has 2 aliphatic rings. The van der Waals surface area contributed by atoms with Crippen molar-refractivity contribution in [3.05, 3.63) is 69.5 Å². The average Bonchev–Trinajstić information content (AvgIpc) is 3.24. The minimum absolute atomic E-state index is 0.0441. The number of carbonyl (C=O) groups is 1. The fraction of sp³-hybridized carbons (Fsp3) is 0.304. The van der Waals surface area contributed by atoms with Gasteiger partial charge in [0.05, 0.1) is 5.52 Å². The molecular formula is C23H22ClN3O4. The van der Waals surface area contributed by atoms with Crippen LogP contribution in [0, 0.1) is 0 Å². The second-order valence-electron chi connectivity index (χ2n) is 7.81. The molecule has 2 aliphatic heterocycles. The summed E-state index contributed by atoms with van der Waals surface area (Å²) < 4.78 is 12.6. The largest absolute Gasteiger partial charge is 0.454 e. The van der Waals surface area contributed by atoms with Crippen molar-refractivity contribution in [2.45, 2.75) is 13.1 Å². The summed E-state index contributed by atoms with van der Waals surface area (Å²) in [6, 6.07) is 12.7. The molecule has 0 radical (unpaired) electrons. The number of halogens is 1. The van der Waals surface area contributed by atoms with Crippen LogP contribution in [0.4, 0.5) is 0 Å². The Balaban J connectivity index is 1.21. The monoisotopic (exact) mass is 439 g/mol. The van der Waals surface area contributed by atoms with Crippen molar-refractivity contribution in [3.8, 4) is 11.5 Å². The number of ether oxygens (including phenoxy) is 2. The summed E-state index contributed by atoms with van der Waals surface area (Å²) in [4.78, 5) is 29.3. The molecule has 5 rings (SSSR count). The third kappa shape index (κ3) is 4.11. The second-order valence-corrected chi connectivity index (χ2v) is 8.25. The predicted octanol–water partition coefficient (Wildman–Crippen LogP) is 2.73. The molecule has 1 amide bonds. The Morgan fingerprint density at radius 1 is 0.968 bits per heavy atom. The molecule has 0 aliphatic carbocycles. The highest BCUT2D eigenvalue weighted by molar-refractivity contribution is 6.31. The lowest BCUT2D eigenvalue weighted by Gasteiger charge is -2.35. The molecule has 1 fully saturated rings. The van der Waals surface area contributed by atoms with Gasteiger partial charge >= 0.3 is 0 Å². The molecule has 8 heteroatoms. The molecule has 1 aromatic heterocycles. The van der Waals surface area contributed by atoms with E-state index < -0.39 is 0 Å². The molecule has 1 saturated heterocycles. The van der Waals surface area contributed by atoms with Gasteiger partial charge in [-0.15, -0.1) is 0 Å². The molecule has 0 spiro atoms. The number of hydrogen-bond acceptors (Lipinski definition) is 5. The first-order chi connectivity index (χ1) is 15.1. The van der Waals surface area contributed by atoms with Crippen LogP contribution in [0.1, 0.15) is 5.56 Å². The van der Waals surface area contributed by atoms with Crippen LogP contribution in [-0.4, -0.2) is 53.2 Å². The molecule has 0 bridgehead atoms. The van der Waals surface area contributed by atoms with Gasteiger partial charge in [-0.05, 0) is 35.9 Å². The molecule has 7 nitrogen and oxygen atoms in total. The first-order valence-electron chi connectivity index (χ1n) is 10.2. The van der Waals surface area contributed by atoms with Gasteiger partial charge in [0, 0.05) is 55.4 Å². The maximum absolute atomic E-state index is 12.9. The van der Waals surface area contributed by atoms with Crippen LogP contribution in [0.15, 0.2) is 53.5 Å². The summed E-state index contributed by atoms with van der Waals surface area (Å²) in [5.74, 6) is 1.63. The highest BCUT2D eigenvalue weighted by Gasteiger charge is 2.22. The minimum Gasteiger partial charge on any atom is -0.454 e. The van der Waals surface area contributed by atoms with E-state index in [4.69, 9.17) is 21.1 Å². The average molecular weight is 440 g/mol. The highest BCUT2D eigenvalue weighted by Crippen LogP contribution is 2.32. The first kappa shape index (κ1) is 19.9. The van der Waals surface area contributed by atoms with Crippen LogP contribution in [0.25, 0.3) is 10.9 Å². The smallest absolute Gasteiger partial charge is 0.242 e. The third-order valence-corrected chi connectivity index (χ3v) is 6.05. The molecule has 3 heterocycles. The van der Waals surface area contributed by atoms with Gasteiger partial charge in [-0.3, -0.25) is 14.5 Å². The Kier molecular flexibility index (Phi) is 5.29. The number of rotatable bonds is 4. The summed E-state index contributed by atoms with van der Waals surface area (Å²) in [5, 5.41) is 1.03. The van der Waals surface area contributed by atoms with Gasteiger partial charge in [-0.2, -0.15) is 0 Å². The maximum Gasteiger partial charge on any atom is 0.242 e. The van der Waals surface area contributed by atoms with Crippen LogP contribution in [0.2, 0.25) is 5.02 Å². The summed E-state index contributed by atoms with van der Waals surface area (Å²) in [6.07, 6.45) is 1.67. The summed E-state index contributed by atoms with van der Waals surface area (Å²) in [5.41, 5.74) is 1.78. The third-order valence-electron chi connectivity index (χ3n) is 5.81. The van der Waals surface area contributed by atoms with Gasteiger partial charge in [-0.25, -0.2) is 0 Å². The summed E-state index contributed by atoms with van der Waals surface area (Å²) in [7, 11) is 0. The van der Waals surface area contributed by atoms with Crippen molar-refractivity contribution in [2.75, 3.05) is 33.0 Å². The van der Waals surface area contributed by atoms with Gasteiger partial charge in [0.15, 0.2) is 16.9 Å². The van der Waals surface area contributed by atoms with E-state index in [1.54, 1.807) is 24.4 Å². The van der Waals surface area contributed by atoms with Crippen molar-refractivity contribution in [2.24, 2.45) is 0 Å². The maximum atomic E-state index is 12.9. The summed E-state index contributed by atoms with van der Waals surface area (Å²) >= 11 is 6.03. The van der Waals surface area contributed by atoms with Crippen molar-refractivity contribution in [1.29, 1.82) is 0 Å². The molecule has 160 valence electrons. The molecule has 0 saturated carbocycles. The SMILES string of the molecule is O=C(Cn1ccc(=O)c2cc(Cl)ccc21)N1CCN(Cc2ccc3c(c2)OCO3)CC1. The van der Waals surface area contributed by atoms with Crippen molar-refractivity contribution < 1.29 is 14.3 Å². The molecule has 0 atom stereocenters. The van der Waals surface area contributed by atoms with Gasteiger partial charge in [0.25, 0.3) is 0 Å². The number of pyridine rings is 1. The molecule has 3 aromatic rings. The van der Waals surface area contributed by atoms with E-state index in [-0.39, 0.29) is 24.7 Å². The Hall–Kier alpha value is -3.03. The molecule has 31 heavy (non-hydrogen) atoms. The van der Waals surface area contributed by atoms with Gasteiger partial charge in [0.2, 0.25) is 12.7 Å². The minimum atomic E-state index is -0.0988. The van der Waals surface area contributed by atoms with Crippen LogP contribution >= 0.6 is 11.6 Å². The van der Waals surface area contributed by atoms with Gasteiger partial charge in [0.1, 0.15) is 6.54 Å². The van der Waals surface area contributed by atoms with E-state index in [1.807, 2.05) is 21.6 Å². The number of carbonyl (C=O) groups excluding carboxylic acids is 1. The Morgan fingerprint density at radius 2 is 1.77 bits per heavy atom. The van der Waals surface area contributed by atoms with Gasteiger partial charge < -0.3 is 18.9 Å². The number of aromatic nitrogens is 1. The van der Waals surface area contributed by atoms with Crippen molar-refractivity contribution in [1.82, 2.24) is 14.4 Å². The molecule has 2 aromatic carbocycles. The van der Waals surface area contributed by atoms with Crippen molar-refractivity contribution in [3.63, 3.8) is 0 Å². The van der Waals surface area contributed by atoms with E-state index in [0.717, 1.165) is 31.1 Å². The Bertz CT molecular complexity index is 1200. The topological polar surface area (TPSA) is 64.0 Å². The van der Waals surface area contributed by atoms with Crippen LogP contribution in [0.5, 0.6) is 11.5 Å². The standard InChI is InChI=1S/C23H22ClN3O4/c24-17-2-3-19-18(12-17)20(28)5-6-27(19)14-23(29)26-9-7-25(8-10-26)13-16-1-4-21-22(11-16)31-15-30-21/h1-6,11-12H,7-10,13-15H2. The Labute approximate surface area is 184 Å². The molecular weight excluding hydrogens is 418 g/mol. The van der Waals surface area contributed by atoms with Crippen molar-refractivity contribution >= 4 is 28.4 Å². The number of benzene rings is 2. The summed E-state index contributed by atoms with van der Waals surface area (Å²) in [6.45, 7) is 4.24. The lowest BCUT2D eigenvalue weighted by molar-refractivity contribution is -0.133. The number of fused-ring (bicyclic) bond motifs is 2. The molecule has 0 unspecified atom stereocenters. The van der Waals surface area contributed by atoms with E-state index in [2.05, 4.69) is 11.0 Å². The zero-order valence-corrected chi connectivity index (χ0v) is 17.7. The molecule has 0 N–H and O–H groups in total. The first-order valence-corrected chi connectivity index (χ1v) is 10.6. The number of amides is 1. The van der Waals surface area contributed by atoms with Crippen LogP contribution in [-0.2, 0) is 17.9 Å². The van der Waals surface area contributed by atoms with Gasteiger partial charge in [-0.1, -0.05) is 17.7 Å². The second kappa shape index (κ2) is 8.24. The zero-order valence-electron chi connectivity index (χ0n) is 16.9. The Morgan fingerprint density at radius 3 is 2.61 bits per heavy atom. The fourth-order valence-corrected chi connectivity index (χ4v) is 4.29. The number of piperazine rings is 1. The number of hydrogen-bond donors (Lipinski definition) is 0. The van der Waals surface area contributed by atoms with E-state index >= 15 is 0 Å². The quantitative estimate of drug-likeness (QED) is 0.625. The lowest BCUT2D eigenvalue weighted by Crippen LogP contribution is -2.49. The predicted molar refractivity (Wildman–Crippen MR) is 118 cm³/mol. The lowest BCUT2D eigenvalue weighted by atomic mass is 10.1. The number of nitrogens with zero attached hydrogens (tertiary/aromatic N) is 3.